The minimum Gasteiger partial charge on any atom is -0.480 e. The van der Waals surface area contributed by atoms with Crippen molar-refractivity contribution in [2.45, 2.75) is 25.8 Å². The molecular formula is C9H16N2O3. The average Bonchev–Trinajstić information content (AvgIpc) is 2.14. The summed E-state index contributed by atoms with van der Waals surface area (Å²) in [6.45, 7) is 2.62. The van der Waals surface area contributed by atoms with E-state index in [1.165, 1.54) is 0 Å². The average molecular weight is 200 g/mol. The maximum absolute atomic E-state index is 11.4. The van der Waals surface area contributed by atoms with Gasteiger partial charge >= 0.3 is 5.97 Å². The SMILES string of the molecule is CC1CCNC(C(=O)NCC(=O)O)C1. The molecule has 1 saturated heterocycles. The van der Waals surface area contributed by atoms with Gasteiger partial charge in [0.2, 0.25) is 5.91 Å². The van der Waals surface area contributed by atoms with Crippen molar-refractivity contribution >= 4 is 11.9 Å². The van der Waals surface area contributed by atoms with Crippen molar-refractivity contribution in [2.24, 2.45) is 5.92 Å². The van der Waals surface area contributed by atoms with Crippen LogP contribution in [0.2, 0.25) is 0 Å². The van der Waals surface area contributed by atoms with Crippen LogP contribution in [0, 0.1) is 5.92 Å². The molecule has 0 aromatic heterocycles. The van der Waals surface area contributed by atoms with Gasteiger partial charge in [-0.1, -0.05) is 6.92 Å². The van der Waals surface area contributed by atoms with Gasteiger partial charge in [0, 0.05) is 0 Å². The highest BCUT2D eigenvalue weighted by Crippen LogP contribution is 2.14. The lowest BCUT2D eigenvalue weighted by molar-refractivity contribution is -0.138. The highest BCUT2D eigenvalue weighted by atomic mass is 16.4. The summed E-state index contributed by atoms with van der Waals surface area (Å²) in [5.74, 6) is -0.696. The van der Waals surface area contributed by atoms with Gasteiger partial charge in [0.05, 0.1) is 6.04 Å². The van der Waals surface area contributed by atoms with E-state index >= 15 is 0 Å². The van der Waals surface area contributed by atoms with Crippen LogP contribution >= 0.6 is 0 Å². The molecule has 0 spiro atoms. The van der Waals surface area contributed by atoms with Crippen LogP contribution < -0.4 is 10.6 Å². The van der Waals surface area contributed by atoms with Crippen molar-refractivity contribution in [1.82, 2.24) is 10.6 Å². The highest BCUT2D eigenvalue weighted by molar-refractivity contribution is 5.85. The molecule has 5 heteroatoms. The number of aliphatic carboxylic acids is 1. The maximum Gasteiger partial charge on any atom is 0.322 e. The molecule has 2 unspecified atom stereocenters. The number of carbonyl (C=O) groups excluding carboxylic acids is 1. The molecule has 1 aliphatic heterocycles. The molecule has 1 aliphatic rings. The summed E-state index contributed by atoms with van der Waals surface area (Å²) in [5, 5.41) is 13.8. The standard InChI is InChI=1S/C9H16N2O3/c1-6-2-3-10-7(4-6)9(14)11-5-8(12)13/h6-7,10H,2-5H2,1H3,(H,11,14)(H,12,13). The first-order chi connectivity index (χ1) is 6.59. The van der Waals surface area contributed by atoms with E-state index in [0.29, 0.717) is 5.92 Å². The van der Waals surface area contributed by atoms with Gasteiger partial charge in [-0.2, -0.15) is 0 Å². The zero-order chi connectivity index (χ0) is 10.6. The Kier molecular flexibility index (Phi) is 3.88. The highest BCUT2D eigenvalue weighted by Gasteiger charge is 2.24. The third-order valence-corrected chi connectivity index (χ3v) is 2.40. The molecule has 0 bridgehead atoms. The van der Waals surface area contributed by atoms with E-state index < -0.39 is 5.97 Å². The normalized spacial score (nSPS) is 26.9. The lowest BCUT2D eigenvalue weighted by atomic mass is 9.94. The fourth-order valence-electron chi connectivity index (χ4n) is 1.59. The number of amides is 1. The Morgan fingerprint density at radius 1 is 1.57 bits per heavy atom. The number of piperidine rings is 1. The molecule has 1 rings (SSSR count). The summed E-state index contributed by atoms with van der Waals surface area (Å²) in [5.41, 5.74) is 0. The lowest BCUT2D eigenvalue weighted by Crippen LogP contribution is -2.49. The van der Waals surface area contributed by atoms with Gasteiger partial charge in [0.15, 0.2) is 0 Å². The zero-order valence-electron chi connectivity index (χ0n) is 8.25. The van der Waals surface area contributed by atoms with E-state index in [4.69, 9.17) is 5.11 Å². The Morgan fingerprint density at radius 3 is 2.86 bits per heavy atom. The van der Waals surface area contributed by atoms with Crippen molar-refractivity contribution in [3.63, 3.8) is 0 Å². The van der Waals surface area contributed by atoms with Crippen molar-refractivity contribution in [1.29, 1.82) is 0 Å². The van der Waals surface area contributed by atoms with Crippen LogP contribution in [0.3, 0.4) is 0 Å². The molecule has 1 heterocycles. The molecule has 0 aromatic rings. The summed E-state index contributed by atoms with van der Waals surface area (Å²) in [4.78, 5) is 21.6. The monoisotopic (exact) mass is 200 g/mol. The lowest BCUT2D eigenvalue weighted by Gasteiger charge is -2.26. The Labute approximate surface area is 82.9 Å². The van der Waals surface area contributed by atoms with E-state index in [1.54, 1.807) is 0 Å². The number of carbonyl (C=O) groups is 2. The van der Waals surface area contributed by atoms with Gasteiger partial charge in [-0.3, -0.25) is 9.59 Å². The van der Waals surface area contributed by atoms with Crippen molar-refractivity contribution in [2.75, 3.05) is 13.1 Å². The minimum absolute atomic E-state index is 0.209. The summed E-state index contributed by atoms with van der Waals surface area (Å²) in [6, 6.07) is -0.224. The topological polar surface area (TPSA) is 78.4 Å². The molecule has 0 saturated carbocycles. The molecule has 5 nitrogen and oxygen atoms in total. The molecule has 0 radical (unpaired) electrons. The first-order valence-corrected chi connectivity index (χ1v) is 4.82. The number of rotatable bonds is 3. The number of carboxylic acid groups (broad SMARTS) is 1. The van der Waals surface area contributed by atoms with E-state index in [2.05, 4.69) is 17.6 Å². The Bertz CT molecular complexity index is 230. The predicted octanol–water partition coefficient (Wildman–Crippen LogP) is -0.425. The van der Waals surface area contributed by atoms with Gasteiger partial charge in [0.1, 0.15) is 6.54 Å². The predicted molar refractivity (Wildman–Crippen MR) is 50.8 cm³/mol. The maximum atomic E-state index is 11.4. The van der Waals surface area contributed by atoms with Gasteiger partial charge in [-0.15, -0.1) is 0 Å². The Balaban J connectivity index is 2.32. The fourth-order valence-corrected chi connectivity index (χ4v) is 1.59. The van der Waals surface area contributed by atoms with Crippen LogP contribution in [0.4, 0.5) is 0 Å². The summed E-state index contributed by atoms with van der Waals surface area (Å²) in [7, 11) is 0. The van der Waals surface area contributed by atoms with Gasteiger partial charge in [-0.25, -0.2) is 0 Å². The molecule has 0 aromatic carbocycles. The number of nitrogens with one attached hydrogen (secondary N) is 2. The molecule has 14 heavy (non-hydrogen) atoms. The van der Waals surface area contributed by atoms with E-state index in [0.717, 1.165) is 19.4 Å². The fraction of sp³-hybridized carbons (Fsp3) is 0.778. The van der Waals surface area contributed by atoms with E-state index in [9.17, 15) is 9.59 Å². The second-order valence-electron chi connectivity index (χ2n) is 3.75. The van der Waals surface area contributed by atoms with Crippen molar-refractivity contribution in [3.8, 4) is 0 Å². The van der Waals surface area contributed by atoms with Gasteiger partial charge < -0.3 is 15.7 Å². The van der Waals surface area contributed by atoms with Crippen LogP contribution in [0.1, 0.15) is 19.8 Å². The molecular weight excluding hydrogens is 184 g/mol. The first-order valence-electron chi connectivity index (χ1n) is 4.82. The number of hydrogen-bond donors (Lipinski definition) is 3. The molecule has 1 fully saturated rings. The van der Waals surface area contributed by atoms with E-state index in [1.807, 2.05) is 0 Å². The second kappa shape index (κ2) is 4.95. The molecule has 2 atom stereocenters. The molecule has 80 valence electrons. The quantitative estimate of drug-likeness (QED) is 0.578. The third-order valence-electron chi connectivity index (χ3n) is 2.40. The molecule has 1 amide bonds. The van der Waals surface area contributed by atoms with Crippen molar-refractivity contribution in [3.05, 3.63) is 0 Å². The number of hydrogen-bond acceptors (Lipinski definition) is 3. The van der Waals surface area contributed by atoms with Gasteiger partial charge in [0.25, 0.3) is 0 Å². The van der Waals surface area contributed by atoms with Crippen LogP contribution in [-0.2, 0) is 9.59 Å². The minimum atomic E-state index is -1.01. The summed E-state index contributed by atoms with van der Waals surface area (Å²) in [6.07, 6.45) is 1.86. The Morgan fingerprint density at radius 2 is 2.29 bits per heavy atom. The van der Waals surface area contributed by atoms with Crippen LogP contribution in [0.5, 0.6) is 0 Å². The summed E-state index contributed by atoms with van der Waals surface area (Å²) < 4.78 is 0. The number of carboxylic acids is 1. The van der Waals surface area contributed by atoms with Crippen LogP contribution in [0.15, 0.2) is 0 Å². The molecule has 0 aliphatic carbocycles. The van der Waals surface area contributed by atoms with Crippen LogP contribution in [-0.4, -0.2) is 36.1 Å². The second-order valence-corrected chi connectivity index (χ2v) is 3.75. The Hall–Kier alpha value is -1.10. The smallest absolute Gasteiger partial charge is 0.322 e. The zero-order valence-corrected chi connectivity index (χ0v) is 8.25. The van der Waals surface area contributed by atoms with Crippen LogP contribution in [0.25, 0.3) is 0 Å². The summed E-state index contributed by atoms with van der Waals surface area (Å²) >= 11 is 0. The van der Waals surface area contributed by atoms with Crippen molar-refractivity contribution < 1.29 is 14.7 Å². The largest absolute Gasteiger partial charge is 0.480 e. The third kappa shape index (κ3) is 3.33. The van der Waals surface area contributed by atoms with E-state index in [-0.39, 0.29) is 18.5 Å². The molecule has 3 N–H and O–H groups in total. The van der Waals surface area contributed by atoms with Gasteiger partial charge in [-0.05, 0) is 25.3 Å². The first kappa shape index (κ1) is 11.0.